The van der Waals surface area contributed by atoms with Crippen molar-refractivity contribution >= 4 is 18.2 Å². The van der Waals surface area contributed by atoms with E-state index in [2.05, 4.69) is 0 Å². The zero-order valence-corrected chi connectivity index (χ0v) is 14.4. The lowest BCUT2D eigenvalue weighted by atomic mass is 9.73. The molecule has 0 aromatic carbocycles. The number of carbonyl (C=O) groups excluding carboxylic acids is 3. The summed E-state index contributed by atoms with van der Waals surface area (Å²) in [4.78, 5) is 35.6. The number of esters is 2. The van der Waals surface area contributed by atoms with Gasteiger partial charge >= 0.3 is 11.9 Å². The summed E-state index contributed by atoms with van der Waals surface area (Å²) in [5.41, 5.74) is 0.462. The van der Waals surface area contributed by atoms with Crippen LogP contribution in [0.15, 0.2) is 23.3 Å². The lowest BCUT2D eigenvalue weighted by Gasteiger charge is -2.32. The third kappa shape index (κ3) is 4.78. The van der Waals surface area contributed by atoms with Gasteiger partial charge in [-0.3, -0.25) is 9.59 Å². The number of hydrogen-bond acceptors (Lipinski definition) is 5. The minimum atomic E-state index is -1.42. The van der Waals surface area contributed by atoms with Crippen LogP contribution in [-0.4, -0.2) is 31.4 Å². The van der Waals surface area contributed by atoms with E-state index in [9.17, 15) is 14.4 Å². The Morgan fingerprint density at radius 2 is 1.83 bits per heavy atom. The Morgan fingerprint density at radius 1 is 1.26 bits per heavy atom. The first-order chi connectivity index (χ1) is 10.9. The molecule has 0 bridgehead atoms. The number of hydrogen-bond donors (Lipinski definition) is 0. The maximum atomic E-state index is 12.5. The van der Waals surface area contributed by atoms with Crippen molar-refractivity contribution in [3.63, 3.8) is 0 Å². The second-order valence-corrected chi connectivity index (χ2v) is 5.96. The molecule has 0 saturated heterocycles. The second kappa shape index (κ2) is 8.65. The molecular formula is C18H26O5. The van der Waals surface area contributed by atoms with Gasteiger partial charge in [-0.15, -0.1) is 0 Å². The van der Waals surface area contributed by atoms with Crippen molar-refractivity contribution in [2.24, 2.45) is 11.3 Å². The molecule has 0 aliphatic heterocycles. The van der Waals surface area contributed by atoms with Crippen LogP contribution in [0.4, 0.5) is 0 Å². The fraction of sp³-hybridized carbons (Fsp3) is 0.611. The van der Waals surface area contributed by atoms with Gasteiger partial charge in [0.1, 0.15) is 6.29 Å². The van der Waals surface area contributed by atoms with E-state index >= 15 is 0 Å². The largest absolute Gasteiger partial charge is 0.465 e. The summed E-state index contributed by atoms with van der Waals surface area (Å²) in [6.45, 7) is 7.63. The van der Waals surface area contributed by atoms with Crippen LogP contribution in [0.3, 0.4) is 0 Å². The molecule has 0 radical (unpaired) electrons. The maximum Gasteiger partial charge on any atom is 0.327 e. The van der Waals surface area contributed by atoms with Crippen LogP contribution in [0.5, 0.6) is 0 Å². The van der Waals surface area contributed by atoms with Gasteiger partial charge in [0, 0.05) is 6.42 Å². The standard InChI is InChI=1S/C18H26O5/c1-5-22-16(20)18(17(21)23-6-2)11-14(4)10-15(12-18)9-13(3)7-8-19/h8-9,11,13H,5-7,10,12H2,1-4H3/b15-9+. The molecule has 0 aromatic heterocycles. The van der Waals surface area contributed by atoms with Gasteiger partial charge in [0.15, 0.2) is 5.41 Å². The third-order valence-electron chi connectivity index (χ3n) is 3.77. The SMILES string of the molecule is CCOC(=O)C1(C(=O)OCC)C=C(C)C/C(=C\C(C)CC=O)C1. The summed E-state index contributed by atoms with van der Waals surface area (Å²) in [5.74, 6) is -1.09. The highest BCUT2D eigenvalue weighted by Crippen LogP contribution is 2.40. The fourth-order valence-corrected chi connectivity index (χ4v) is 2.91. The quantitative estimate of drug-likeness (QED) is 0.312. The monoisotopic (exact) mass is 322 g/mol. The van der Waals surface area contributed by atoms with Crippen molar-refractivity contribution < 1.29 is 23.9 Å². The first kappa shape index (κ1) is 19.1. The zero-order chi connectivity index (χ0) is 17.5. The van der Waals surface area contributed by atoms with E-state index in [1.165, 1.54) is 0 Å². The van der Waals surface area contributed by atoms with Crippen molar-refractivity contribution in [3.05, 3.63) is 23.3 Å². The first-order valence-electron chi connectivity index (χ1n) is 8.05. The summed E-state index contributed by atoms with van der Waals surface area (Å²) in [7, 11) is 0. The summed E-state index contributed by atoms with van der Waals surface area (Å²) >= 11 is 0. The molecule has 0 amide bonds. The van der Waals surface area contributed by atoms with E-state index in [-0.39, 0.29) is 25.6 Å². The van der Waals surface area contributed by atoms with Crippen LogP contribution in [0.1, 0.15) is 47.0 Å². The maximum absolute atomic E-state index is 12.5. The molecule has 128 valence electrons. The van der Waals surface area contributed by atoms with Crippen molar-refractivity contribution in [1.29, 1.82) is 0 Å². The van der Waals surface area contributed by atoms with Crippen molar-refractivity contribution in [3.8, 4) is 0 Å². The van der Waals surface area contributed by atoms with Crippen molar-refractivity contribution in [2.45, 2.75) is 47.0 Å². The van der Waals surface area contributed by atoms with Gasteiger partial charge in [-0.2, -0.15) is 0 Å². The number of carbonyl (C=O) groups is 3. The Balaban J connectivity index is 3.22. The minimum Gasteiger partial charge on any atom is -0.465 e. The number of rotatable bonds is 7. The lowest BCUT2D eigenvalue weighted by Crippen LogP contribution is -2.42. The van der Waals surface area contributed by atoms with Gasteiger partial charge in [-0.1, -0.05) is 30.2 Å². The molecule has 0 aromatic rings. The molecule has 1 rings (SSSR count). The molecule has 0 N–H and O–H groups in total. The molecule has 0 saturated carbocycles. The highest BCUT2D eigenvalue weighted by molar-refractivity contribution is 6.03. The van der Waals surface area contributed by atoms with Crippen LogP contribution >= 0.6 is 0 Å². The number of allylic oxidation sites excluding steroid dienone is 3. The van der Waals surface area contributed by atoms with E-state index in [4.69, 9.17) is 9.47 Å². The molecule has 5 heteroatoms. The topological polar surface area (TPSA) is 69.7 Å². The predicted octanol–water partition coefficient (Wildman–Crippen LogP) is 2.99. The van der Waals surface area contributed by atoms with Crippen LogP contribution < -0.4 is 0 Å². The fourth-order valence-electron chi connectivity index (χ4n) is 2.91. The Hall–Kier alpha value is -1.91. The summed E-state index contributed by atoms with van der Waals surface area (Å²) in [6, 6.07) is 0. The summed E-state index contributed by atoms with van der Waals surface area (Å²) in [6.07, 6.45) is 5.85. The molecular weight excluding hydrogens is 296 g/mol. The Labute approximate surface area is 137 Å². The third-order valence-corrected chi connectivity index (χ3v) is 3.77. The molecule has 1 atom stereocenters. The predicted molar refractivity (Wildman–Crippen MR) is 86.6 cm³/mol. The molecule has 23 heavy (non-hydrogen) atoms. The van der Waals surface area contributed by atoms with Crippen LogP contribution in [0.2, 0.25) is 0 Å². The van der Waals surface area contributed by atoms with Gasteiger partial charge in [-0.05, 0) is 39.5 Å². The average molecular weight is 322 g/mol. The molecule has 1 aliphatic rings. The smallest absolute Gasteiger partial charge is 0.327 e. The van der Waals surface area contributed by atoms with Crippen molar-refractivity contribution in [1.82, 2.24) is 0 Å². The second-order valence-electron chi connectivity index (χ2n) is 5.96. The van der Waals surface area contributed by atoms with Crippen LogP contribution in [0, 0.1) is 11.3 Å². The van der Waals surface area contributed by atoms with Crippen LogP contribution in [-0.2, 0) is 23.9 Å². The summed E-state index contributed by atoms with van der Waals surface area (Å²) in [5, 5.41) is 0. The zero-order valence-electron chi connectivity index (χ0n) is 14.4. The Morgan fingerprint density at radius 3 is 2.30 bits per heavy atom. The van der Waals surface area contributed by atoms with E-state index in [0.29, 0.717) is 12.8 Å². The highest BCUT2D eigenvalue weighted by atomic mass is 16.6. The summed E-state index contributed by atoms with van der Waals surface area (Å²) < 4.78 is 10.3. The Bertz CT molecular complexity index is 498. The van der Waals surface area contributed by atoms with Gasteiger partial charge in [-0.25, -0.2) is 0 Å². The van der Waals surface area contributed by atoms with Crippen molar-refractivity contribution in [2.75, 3.05) is 13.2 Å². The molecule has 1 aliphatic carbocycles. The minimum absolute atomic E-state index is 0.0653. The number of aldehydes is 1. The van der Waals surface area contributed by atoms with Gasteiger partial charge in [0.25, 0.3) is 0 Å². The molecule has 1 unspecified atom stereocenters. The number of ether oxygens (including phenoxy) is 2. The molecule has 0 fully saturated rings. The average Bonchev–Trinajstić information content (AvgIpc) is 2.47. The molecule has 0 spiro atoms. The van der Waals surface area contributed by atoms with E-state index in [1.807, 2.05) is 19.9 Å². The highest BCUT2D eigenvalue weighted by Gasteiger charge is 2.49. The normalized spacial score (nSPS) is 19.7. The van der Waals surface area contributed by atoms with Gasteiger partial charge in [0.2, 0.25) is 0 Å². The van der Waals surface area contributed by atoms with Crippen LogP contribution in [0.25, 0.3) is 0 Å². The Kier molecular flexibility index (Phi) is 7.20. The van der Waals surface area contributed by atoms with E-state index < -0.39 is 17.4 Å². The first-order valence-corrected chi connectivity index (χ1v) is 8.05. The molecule has 5 nitrogen and oxygen atoms in total. The lowest BCUT2D eigenvalue weighted by molar-refractivity contribution is -0.168. The van der Waals surface area contributed by atoms with Gasteiger partial charge < -0.3 is 14.3 Å². The molecule has 0 heterocycles. The van der Waals surface area contributed by atoms with Gasteiger partial charge in [0.05, 0.1) is 13.2 Å². The van der Waals surface area contributed by atoms with E-state index in [0.717, 1.165) is 17.4 Å². The van der Waals surface area contributed by atoms with E-state index in [1.54, 1.807) is 19.9 Å².